The quantitative estimate of drug-likeness (QED) is 0.337. The van der Waals surface area contributed by atoms with Crippen LogP contribution in [0, 0.1) is 10.1 Å². The van der Waals surface area contributed by atoms with Crippen LogP contribution in [0.4, 0.5) is 14.5 Å². The molecule has 0 bridgehead atoms. The summed E-state index contributed by atoms with van der Waals surface area (Å²) in [6.45, 7) is 0. The largest absolute Gasteiger partial charge is 0.399 e. The number of halogens is 3. The normalized spacial score (nSPS) is 12.2. The fraction of sp³-hybridized carbons (Fsp3) is 0.200. The molecule has 2 N–H and O–H groups in total. The lowest BCUT2D eigenvalue weighted by Crippen LogP contribution is -2.14. The average molecular weight is 468 g/mol. The van der Waals surface area contributed by atoms with E-state index in [0.717, 1.165) is 11.6 Å². The van der Waals surface area contributed by atoms with Crippen molar-refractivity contribution in [2.24, 2.45) is 0 Å². The van der Waals surface area contributed by atoms with Crippen LogP contribution in [0.3, 0.4) is 0 Å². The number of nitrogens with zero attached hydrogens (tertiary/aromatic N) is 1. The molecule has 0 fully saturated rings. The molecule has 2 aromatic rings. The van der Waals surface area contributed by atoms with Gasteiger partial charge in [-0.3, -0.25) is 14.7 Å². The van der Waals surface area contributed by atoms with Crippen molar-refractivity contribution in [2.45, 2.75) is 17.2 Å². The van der Waals surface area contributed by atoms with E-state index in [4.69, 9.17) is 9.79 Å². The van der Waals surface area contributed by atoms with Crippen LogP contribution in [0.1, 0.15) is 16.7 Å². The maximum atomic E-state index is 13.8. The van der Waals surface area contributed by atoms with E-state index in [1.54, 1.807) is 12.1 Å². The monoisotopic (exact) mass is 467 g/mol. The lowest BCUT2D eigenvalue weighted by atomic mass is 10.1. The molecule has 0 aromatic heterocycles. The van der Waals surface area contributed by atoms with E-state index in [0.29, 0.717) is 17.1 Å². The van der Waals surface area contributed by atoms with Gasteiger partial charge in [0.2, 0.25) is 0 Å². The van der Waals surface area contributed by atoms with E-state index >= 15 is 0 Å². The summed E-state index contributed by atoms with van der Waals surface area (Å²) < 4.78 is 38.4. The Bertz CT molecular complexity index is 860. The van der Waals surface area contributed by atoms with Crippen LogP contribution >= 0.6 is 35.3 Å². The minimum absolute atomic E-state index is 0.00394. The van der Waals surface area contributed by atoms with Gasteiger partial charge in [-0.25, -0.2) is 0 Å². The SMILES string of the molecule is O=[N+]([O-])c1ccc(CSCc2ccc(C(F)(F)P(=O)(O)O)c(Br)c2)cc1. The third-order valence-electron chi connectivity index (χ3n) is 3.41. The van der Waals surface area contributed by atoms with E-state index < -0.39 is 23.7 Å². The zero-order valence-corrected chi connectivity index (χ0v) is 16.3. The number of nitro benzene ring substituents is 1. The molecule has 0 amide bonds. The molecule has 0 spiro atoms. The van der Waals surface area contributed by atoms with Gasteiger partial charge in [-0.1, -0.05) is 40.2 Å². The van der Waals surface area contributed by atoms with Crippen LogP contribution in [-0.4, -0.2) is 14.7 Å². The topological polar surface area (TPSA) is 101 Å². The third-order valence-corrected chi connectivity index (χ3v) is 6.11. The molecule has 0 unspecified atom stereocenters. The van der Waals surface area contributed by atoms with Crippen LogP contribution in [0.2, 0.25) is 0 Å². The molecular weight excluding hydrogens is 455 g/mol. The van der Waals surface area contributed by atoms with Gasteiger partial charge in [0, 0.05) is 33.7 Å². The Morgan fingerprint density at radius 1 is 1.12 bits per heavy atom. The molecule has 11 heteroatoms. The highest BCUT2D eigenvalue weighted by atomic mass is 79.9. The highest BCUT2D eigenvalue weighted by Gasteiger charge is 2.51. The van der Waals surface area contributed by atoms with E-state index in [1.807, 2.05) is 0 Å². The molecule has 0 aliphatic heterocycles. The summed E-state index contributed by atoms with van der Waals surface area (Å²) in [6.07, 6.45) is 0. The van der Waals surface area contributed by atoms with Crippen LogP contribution in [0.25, 0.3) is 0 Å². The van der Waals surface area contributed by atoms with E-state index in [9.17, 15) is 23.5 Å². The number of thioether (sulfide) groups is 1. The zero-order chi connectivity index (χ0) is 19.5. The van der Waals surface area contributed by atoms with Crippen LogP contribution < -0.4 is 0 Å². The lowest BCUT2D eigenvalue weighted by molar-refractivity contribution is -0.384. The van der Waals surface area contributed by atoms with Gasteiger partial charge in [-0.15, -0.1) is 0 Å². The Hall–Kier alpha value is -1.32. The van der Waals surface area contributed by atoms with Gasteiger partial charge in [-0.2, -0.15) is 20.5 Å². The molecule has 0 heterocycles. The van der Waals surface area contributed by atoms with Crippen molar-refractivity contribution in [3.63, 3.8) is 0 Å². The molecule has 2 aromatic carbocycles. The van der Waals surface area contributed by atoms with Crippen molar-refractivity contribution in [1.82, 2.24) is 0 Å². The number of non-ortho nitro benzene ring substituents is 1. The van der Waals surface area contributed by atoms with Crippen molar-refractivity contribution < 1.29 is 28.1 Å². The van der Waals surface area contributed by atoms with Gasteiger partial charge in [0.1, 0.15) is 0 Å². The Kier molecular flexibility index (Phi) is 6.57. The number of nitro groups is 1. The molecule has 0 atom stereocenters. The number of rotatable bonds is 7. The maximum absolute atomic E-state index is 13.8. The first-order chi connectivity index (χ1) is 12.0. The van der Waals surface area contributed by atoms with Crippen molar-refractivity contribution in [3.05, 3.63) is 73.7 Å². The fourth-order valence-electron chi connectivity index (χ4n) is 2.05. The Balaban J connectivity index is 2.02. The lowest BCUT2D eigenvalue weighted by Gasteiger charge is -2.19. The van der Waals surface area contributed by atoms with Gasteiger partial charge in [0.05, 0.1) is 4.92 Å². The number of hydrogen-bond donors (Lipinski definition) is 2. The van der Waals surface area contributed by atoms with E-state index in [1.165, 1.54) is 36.0 Å². The zero-order valence-electron chi connectivity index (χ0n) is 13.0. The van der Waals surface area contributed by atoms with E-state index in [2.05, 4.69) is 15.9 Å². The molecule has 26 heavy (non-hydrogen) atoms. The summed E-state index contributed by atoms with van der Waals surface area (Å²) in [4.78, 5) is 27.7. The summed E-state index contributed by atoms with van der Waals surface area (Å²) in [6, 6.07) is 9.87. The smallest absolute Gasteiger partial charge is 0.320 e. The second kappa shape index (κ2) is 8.14. The van der Waals surface area contributed by atoms with Crippen molar-refractivity contribution in [3.8, 4) is 0 Å². The first kappa shape index (κ1) is 21.0. The first-order valence-corrected chi connectivity index (χ1v) is 10.6. The van der Waals surface area contributed by atoms with Crippen molar-refractivity contribution in [2.75, 3.05) is 0 Å². The summed E-state index contributed by atoms with van der Waals surface area (Å²) in [5, 5.41) is 10.6. The van der Waals surface area contributed by atoms with E-state index in [-0.39, 0.29) is 10.2 Å². The van der Waals surface area contributed by atoms with Crippen LogP contribution in [-0.2, 0) is 21.7 Å². The summed E-state index contributed by atoms with van der Waals surface area (Å²) in [5.41, 5.74) is -3.46. The standard InChI is InChI=1S/C15H13BrF2NO5PS/c16-14-7-11(3-6-13(14)15(17,18)25(22,23)24)9-26-8-10-1-4-12(5-2-10)19(20)21/h1-7H,8-9H2,(H2,22,23,24). The van der Waals surface area contributed by atoms with Crippen LogP contribution in [0.5, 0.6) is 0 Å². The molecular formula is C15H13BrF2NO5PS. The molecule has 2 rings (SSSR count). The summed E-state index contributed by atoms with van der Waals surface area (Å²) >= 11 is 4.41. The Morgan fingerprint density at radius 2 is 1.65 bits per heavy atom. The molecule has 0 radical (unpaired) electrons. The second-order valence-electron chi connectivity index (χ2n) is 5.32. The Labute approximate surface area is 160 Å². The fourth-order valence-corrected chi connectivity index (χ4v) is 4.33. The third kappa shape index (κ3) is 4.89. The highest BCUT2D eigenvalue weighted by Crippen LogP contribution is 2.60. The van der Waals surface area contributed by atoms with Gasteiger partial charge < -0.3 is 9.79 Å². The minimum Gasteiger partial charge on any atom is -0.320 e. The minimum atomic E-state index is -5.62. The maximum Gasteiger partial charge on any atom is 0.399 e. The molecule has 140 valence electrons. The number of alkyl halides is 2. The molecule has 0 saturated carbocycles. The molecule has 0 aliphatic carbocycles. The van der Waals surface area contributed by atoms with Gasteiger partial charge in [-0.05, 0) is 17.2 Å². The highest BCUT2D eigenvalue weighted by molar-refractivity contribution is 9.10. The predicted molar refractivity (Wildman–Crippen MR) is 98.2 cm³/mol. The van der Waals surface area contributed by atoms with Gasteiger partial charge in [0.15, 0.2) is 0 Å². The number of hydrogen-bond acceptors (Lipinski definition) is 4. The average Bonchev–Trinajstić information content (AvgIpc) is 2.54. The molecule has 6 nitrogen and oxygen atoms in total. The Morgan fingerprint density at radius 3 is 2.15 bits per heavy atom. The molecule has 0 aliphatic rings. The molecule has 0 saturated heterocycles. The summed E-state index contributed by atoms with van der Waals surface area (Å²) in [5.74, 6) is 1.04. The first-order valence-electron chi connectivity index (χ1n) is 7.06. The summed E-state index contributed by atoms with van der Waals surface area (Å²) in [7, 11) is -5.62. The van der Waals surface area contributed by atoms with Gasteiger partial charge in [0.25, 0.3) is 5.69 Å². The van der Waals surface area contributed by atoms with Crippen molar-refractivity contribution >= 4 is 41.0 Å². The number of benzene rings is 2. The van der Waals surface area contributed by atoms with Crippen molar-refractivity contribution in [1.29, 1.82) is 0 Å². The second-order valence-corrected chi connectivity index (χ2v) is 8.81. The van der Waals surface area contributed by atoms with Crippen LogP contribution in [0.15, 0.2) is 46.9 Å². The predicted octanol–water partition coefficient (Wildman–Crippen LogP) is 5.02. The van der Waals surface area contributed by atoms with Gasteiger partial charge >= 0.3 is 13.3 Å².